The maximum absolute atomic E-state index is 12.6. The molecule has 1 aliphatic rings. The molecule has 9 nitrogen and oxygen atoms in total. The van der Waals surface area contributed by atoms with Crippen molar-refractivity contribution in [1.82, 2.24) is 19.7 Å². The Bertz CT molecular complexity index is 1010. The average molecular weight is 352 g/mol. The number of nitro benzene ring substituents is 1. The van der Waals surface area contributed by atoms with Crippen LogP contribution in [0.1, 0.15) is 27.4 Å². The molecule has 9 heteroatoms. The van der Waals surface area contributed by atoms with Crippen LogP contribution in [0.2, 0.25) is 0 Å². The van der Waals surface area contributed by atoms with Gasteiger partial charge in [0.15, 0.2) is 5.82 Å². The highest BCUT2D eigenvalue weighted by Crippen LogP contribution is 2.33. The first kappa shape index (κ1) is 16.0. The number of carbonyl (C=O) groups excluding carboxylic acids is 1. The fraction of sp³-hybridized carbons (Fsp3) is 0.235. The first-order chi connectivity index (χ1) is 12.5. The lowest BCUT2D eigenvalue weighted by molar-refractivity contribution is -0.384. The van der Waals surface area contributed by atoms with Crippen molar-refractivity contribution < 1.29 is 9.72 Å². The Kier molecular flexibility index (Phi) is 3.76. The molecule has 0 saturated heterocycles. The molecule has 0 saturated carbocycles. The molecule has 3 heterocycles. The second-order valence-electron chi connectivity index (χ2n) is 6.20. The molecule has 26 heavy (non-hydrogen) atoms. The molecule has 1 aliphatic heterocycles. The fourth-order valence-electron chi connectivity index (χ4n) is 3.22. The van der Waals surface area contributed by atoms with Crippen LogP contribution in [0.25, 0.3) is 0 Å². The van der Waals surface area contributed by atoms with E-state index in [9.17, 15) is 14.9 Å². The van der Waals surface area contributed by atoms with E-state index in [1.165, 1.54) is 12.3 Å². The van der Waals surface area contributed by atoms with E-state index < -0.39 is 4.92 Å². The first-order valence-corrected chi connectivity index (χ1v) is 8.11. The van der Waals surface area contributed by atoms with Crippen molar-refractivity contribution in [2.24, 2.45) is 7.05 Å². The van der Waals surface area contributed by atoms with Gasteiger partial charge in [-0.2, -0.15) is 5.10 Å². The average Bonchev–Trinajstić information content (AvgIpc) is 3.28. The lowest BCUT2D eigenvalue weighted by Gasteiger charge is -2.28. The maximum Gasteiger partial charge on any atom is 0.293 e. The number of aromatic amines is 1. The predicted molar refractivity (Wildman–Crippen MR) is 93.1 cm³/mol. The van der Waals surface area contributed by atoms with Gasteiger partial charge in [0.2, 0.25) is 5.78 Å². The van der Waals surface area contributed by atoms with Gasteiger partial charge in [-0.15, -0.1) is 0 Å². The Balaban J connectivity index is 1.70. The van der Waals surface area contributed by atoms with Gasteiger partial charge in [-0.25, -0.2) is 4.98 Å². The number of aromatic nitrogens is 4. The number of carbonyl (C=O) groups is 1. The van der Waals surface area contributed by atoms with E-state index in [0.29, 0.717) is 18.8 Å². The third-order valence-corrected chi connectivity index (χ3v) is 4.60. The van der Waals surface area contributed by atoms with Gasteiger partial charge in [-0.05, 0) is 12.1 Å². The van der Waals surface area contributed by atoms with Crippen molar-refractivity contribution in [3.8, 4) is 0 Å². The van der Waals surface area contributed by atoms with Crippen molar-refractivity contribution in [2.75, 3.05) is 11.4 Å². The highest BCUT2D eigenvalue weighted by molar-refractivity contribution is 6.07. The van der Waals surface area contributed by atoms with Crippen LogP contribution in [-0.2, 0) is 20.0 Å². The quantitative estimate of drug-likeness (QED) is 0.436. The molecule has 1 N–H and O–H groups in total. The number of nitrogens with zero attached hydrogens (tertiary/aromatic N) is 5. The second-order valence-corrected chi connectivity index (χ2v) is 6.20. The van der Waals surface area contributed by atoms with Gasteiger partial charge in [0.05, 0.1) is 11.1 Å². The maximum atomic E-state index is 12.6. The number of H-pyrrole nitrogens is 1. The highest BCUT2D eigenvalue weighted by Gasteiger charge is 2.26. The van der Waals surface area contributed by atoms with Crippen molar-refractivity contribution in [3.63, 3.8) is 0 Å². The minimum atomic E-state index is -0.449. The molecule has 0 spiro atoms. The smallest absolute Gasteiger partial charge is 0.293 e. The summed E-state index contributed by atoms with van der Waals surface area (Å²) in [6, 6.07) is 4.58. The van der Waals surface area contributed by atoms with Crippen molar-refractivity contribution in [1.29, 1.82) is 0 Å². The van der Waals surface area contributed by atoms with Crippen LogP contribution in [0.4, 0.5) is 11.4 Å². The lowest BCUT2D eigenvalue weighted by Crippen LogP contribution is -2.30. The molecule has 4 rings (SSSR count). The molecule has 132 valence electrons. The van der Waals surface area contributed by atoms with Gasteiger partial charge in [-0.1, -0.05) is 0 Å². The zero-order valence-electron chi connectivity index (χ0n) is 14.0. The summed E-state index contributed by atoms with van der Waals surface area (Å²) in [5, 5.41) is 18.6. The van der Waals surface area contributed by atoms with Crippen LogP contribution in [0.3, 0.4) is 0 Å². The number of nitrogens with one attached hydrogen (secondary N) is 1. The number of hydrogen-bond acceptors (Lipinski definition) is 6. The summed E-state index contributed by atoms with van der Waals surface area (Å²) in [5.74, 6) is -0.101. The Morgan fingerprint density at radius 2 is 2.23 bits per heavy atom. The molecule has 1 aromatic carbocycles. The molecule has 0 fully saturated rings. The number of hydrogen-bond donors (Lipinski definition) is 1. The molecule has 0 bridgehead atoms. The Hall–Kier alpha value is -3.49. The normalized spacial score (nSPS) is 13.5. The number of aryl methyl sites for hydroxylation is 1. The summed E-state index contributed by atoms with van der Waals surface area (Å²) in [4.78, 5) is 29.7. The van der Waals surface area contributed by atoms with E-state index in [1.54, 1.807) is 36.1 Å². The minimum Gasteiger partial charge on any atom is -0.361 e. The van der Waals surface area contributed by atoms with Gasteiger partial charge in [0, 0.05) is 61.8 Å². The number of nitro groups is 1. The van der Waals surface area contributed by atoms with Crippen LogP contribution in [0, 0.1) is 10.1 Å². The summed E-state index contributed by atoms with van der Waals surface area (Å²) in [5.41, 5.74) is 2.75. The minimum absolute atomic E-state index is 0.0861. The molecule has 0 unspecified atom stereocenters. The van der Waals surface area contributed by atoms with Crippen LogP contribution >= 0.6 is 0 Å². The van der Waals surface area contributed by atoms with Crippen molar-refractivity contribution in [3.05, 3.63) is 69.5 Å². The number of anilines is 1. The highest BCUT2D eigenvalue weighted by atomic mass is 16.6. The zero-order valence-corrected chi connectivity index (χ0v) is 14.0. The van der Waals surface area contributed by atoms with E-state index in [4.69, 9.17) is 0 Å². The lowest BCUT2D eigenvalue weighted by atomic mass is 10.0. The number of rotatable bonds is 4. The van der Waals surface area contributed by atoms with Crippen LogP contribution < -0.4 is 4.90 Å². The van der Waals surface area contributed by atoms with Gasteiger partial charge in [0.25, 0.3) is 5.69 Å². The third-order valence-electron chi connectivity index (χ3n) is 4.60. The summed E-state index contributed by atoms with van der Waals surface area (Å²) < 4.78 is 1.59. The summed E-state index contributed by atoms with van der Waals surface area (Å²) in [6.45, 7) is 1.18. The second kappa shape index (κ2) is 6.10. The number of ketones is 1. The molecule has 0 amide bonds. The van der Waals surface area contributed by atoms with E-state index in [0.717, 1.165) is 17.7 Å². The van der Waals surface area contributed by atoms with Gasteiger partial charge in [-0.3, -0.25) is 20.0 Å². The monoisotopic (exact) mass is 352 g/mol. The van der Waals surface area contributed by atoms with Crippen LogP contribution in [0.5, 0.6) is 0 Å². The molecule has 0 atom stereocenters. The van der Waals surface area contributed by atoms with Crippen LogP contribution in [0.15, 0.2) is 36.8 Å². The molecular formula is C17H16N6O3. The van der Waals surface area contributed by atoms with E-state index in [2.05, 4.69) is 15.2 Å². The summed E-state index contributed by atoms with van der Waals surface area (Å²) >= 11 is 0. The predicted octanol–water partition coefficient (Wildman–Crippen LogP) is 1.85. The van der Waals surface area contributed by atoms with Gasteiger partial charge in [0.1, 0.15) is 5.69 Å². The molecule has 0 aliphatic carbocycles. The van der Waals surface area contributed by atoms with E-state index in [-0.39, 0.29) is 22.9 Å². The molecule has 2 aromatic heterocycles. The number of benzene rings is 1. The zero-order chi connectivity index (χ0) is 18.3. The molecular weight excluding hydrogens is 336 g/mol. The standard InChI is InChI=1S/C17H16N6O3/c1-21-7-5-18-17(21)16(24)11-2-3-14(15(8-11)23(25)26)22-6-4-13-12(10-22)9-19-20-13/h2-3,5,7-9H,4,6,10H2,1H3,(H,19,20). The Morgan fingerprint density at radius 3 is 2.96 bits per heavy atom. The largest absolute Gasteiger partial charge is 0.361 e. The molecule has 0 radical (unpaired) electrons. The van der Waals surface area contributed by atoms with Crippen LogP contribution in [-0.4, -0.2) is 37.0 Å². The van der Waals surface area contributed by atoms with E-state index >= 15 is 0 Å². The third kappa shape index (κ3) is 2.63. The number of imidazole rings is 1. The van der Waals surface area contributed by atoms with Crippen molar-refractivity contribution >= 4 is 17.2 Å². The SMILES string of the molecule is Cn1ccnc1C(=O)c1ccc(N2CCc3[nH]ncc3C2)c([N+](=O)[O-])c1. The fourth-order valence-corrected chi connectivity index (χ4v) is 3.22. The summed E-state index contributed by atoms with van der Waals surface area (Å²) in [6.07, 6.45) is 5.66. The summed E-state index contributed by atoms with van der Waals surface area (Å²) in [7, 11) is 1.71. The van der Waals surface area contributed by atoms with Gasteiger partial charge >= 0.3 is 0 Å². The van der Waals surface area contributed by atoms with Crippen molar-refractivity contribution in [2.45, 2.75) is 13.0 Å². The first-order valence-electron chi connectivity index (χ1n) is 8.11. The topological polar surface area (TPSA) is 110 Å². The molecule has 3 aromatic rings. The Labute approximate surface area is 148 Å². The Morgan fingerprint density at radius 1 is 1.38 bits per heavy atom. The van der Waals surface area contributed by atoms with Gasteiger partial charge < -0.3 is 9.47 Å². The number of fused-ring (bicyclic) bond motifs is 1. The van der Waals surface area contributed by atoms with E-state index in [1.807, 2.05) is 4.90 Å².